The SMILES string of the molecule is O=c1oc2cc(O)c(Cl)cc2cc1-n1cc(-c2ccc(O)c(Cl)c2)nn1. The van der Waals surface area contributed by atoms with Crippen molar-refractivity contribution in [2.75, 3.05) is 0 Å². The van der Waals surface area contributed by atoms with Crippen LogP contribution in [0.1, 0.15) is 0 Å². The van der Waals surface area contributed by atoms with Crippen LogP contribution in [0.15, 0.2) is 51.8 Å². The summed E-state index contributed by atoms with van der Waals surface area (Å²) < 4.78 is 6.48. The Morgan fingerprint density at radius 1 is 1.00 bits per heavy atom. The summed E-state index contributed by atoms with van der Waals surface area (Å²) in [5.41, 5.74) is 0.751. The number of rotatable bonds is 2. The Hall–Kier alpha value is -3.03. The molecule has 0 fully saturated rings. The van der Waals surface area contributed by atoms with Crippen molar-refractivity contribution in [2.45, 2.75) is 0 Å². The van der Waals surface area contributed by atoms with E-state index in [4.69, 9.17) is 27.6 Å². The van der Waals surface area contributed by atoms with E-state index in [-0.39, 0.29) is 32.8 Å². The van der Waals surface area contributed by atoms with Crippen molar-refractivity contribution >= 4 is 34.2 Å². The lowest BCUT2D eigenvalue weighted by Crippen LogP contribution is -2.10. The molecule has 2 N–H and O–H groups in total. The Morgan fingerprint density at radius 3 is 2.54 bits per heavy atom. The molecule has 2 heterocycles. The second kappa shape index (κ2) is 6.05. The lowest BCUT2D eigenvalue weighted by atomic mass is 10.1. The lowest BCUT2D eigenvalue weighted by Gasteiger charge is -2.03. The van der Waals surface area contributed by atoms with Crippen molar-refractivity contribution in [1.29, 1.82) is 0 Å². The van der Waals surface area contributed by atoms with Gasteiger partial charge in [-0.15, -0.1) is 5.10 Å². The van der Waals surface area contributed by atoms with E-state index in [1.54, 1.807) is 6.07 Å². The molecule has 2 aromatic carbocycles. The molecule has 130 valence electrons. The van der Waals surface area contributed by atoms with E-state index in [0.29, 0.717) is 16.6 Å². The van der Waals surface area contributed by atoms with E-state index in [2.05, 4.69) is 10.3 Å². The minimum Gasteiger partial charge on any atom is -0.506 e. The Labute approximate surface area is 155 Å². The van der Waals surface area contributed by atoms with Crippen LogP contribution in [0.25, 0.3) is 27.9 Å². The van der Waals surface area contributed by atoms with Gasteiger partial charge in [0.05, 0.1) is 16.2 Å². The van der Waals surface area contributed by atoms with Gasteiger partial charge in [0, 0.05) is 17.0 Å². The standard InChI is InChI=1S/C17H9Cl2N3O4/c18-10-3-8(1-2-14(10)23)12-7-22(21-20-12)13-5-9-4-11(19)15(24)6-16(9)26-17(13)25/h1-7,23-24H. The number of benzene rings is 2. The first-order valence-electron chi connectivity index (χ1n) is 7.30. The minimum absolute atomic E-state index is 0.0434. The average Bonchev–Trinajstić information content (AvgIpc) is 3.08. The molecule has 0 bridgehead atoms. The molecule has 0 unspecified atom stereocenters. The second-order valence-electron chi connectivity index (χ2n) is 5.48. The number of hydrogen-bond donors (Lipinski definition) is 2. The molecule has 0 spiro atoms. The first kappa shape index (κ1) is 16.4. The van der Waals surface area contributed by atoms with Crippen molar-refractivity contribution in [3.05, 3.63) is 63.1 Å². The van der Waals surface area contributed by atoms with Crippen LogP contribution in [0.5, 0.6) is 11.5 Å². The zero-order chi connectivity index (χ0) is 18.4. The summed E-state index contributed by atoms with van der Waals surface area (Å²) in [6.45, 7) is 0. The molecule has 9 heteroatoms. The summed E-state index contributed by atoms with van der Waals surface area (Å²) in [5.74, 6) is -0.222. The van der Waals surface area contributed by atoms with E-state index in [1.165, 1.54) is 41.2 Å². The molecule has 0 radical (unpaired) electrons. The number of nitrogens with zero attached hydrogens (tertiary/aromatic N) is 3. The fraction of sp³-hybridized carbons (Fsp3) is 0. The molecule has 0 atom stereocenters. The third-order valence-electron chi connectivity index (χ3n) is 3.77. The fourth-order valence-corrected chi connectivity index (χ4v) is 2.81. The van der Waals surface area contributed by atoms with Gasteiger partial charge in [0.25, 0.3) is 0 Å². The van der Waals surface area contributed by atoms with Crippen LogP contribution < -0.4 is 5.63 Å². The molecule has 2 aromatic heterocycles. The molecule has 4 rings (SSSR count). The van der Waals surface area contributed by atoms with Crippen LogP contribution in [0.2, 0.25) is 10.0 Å². The molecule has 0 amide bonds. The van der Waals surface area contributed by atoms with Crippen molar-refractivity contribution in [3.63, 3.8) is 0 Å². The van der Waals surface area contributed by atoms with Gasteiger partial charge in [0.15, 0.2) is 5.69 Å². The number of aromatic nitrogens is 3. The normalized spacial score (nSPS) is 11.2. The quantitative estimate of drug-likeness (QED) is 0.506. The first-order chi connectivity index (χ1) is 12.4. The van der Waals surface area contributed by atoms with E-state index in [1.807, 2.05) is 0 Å². The maximum absolute atomic E-state index is 12.3. The number of aromatic hydroxyl groups is 2. The predicted octanol–water partition coefficient (Wildman–Crippen LogP) is 3.76. The van der Waals surface area contributed by atoms with Crippen LogP contribution in [0.3, 0.4) is 0 Å². The van der Waals surface area contributed by atoms with Gasteiger partial charge in [-0.25, -0.2) is 9.48 Å². The molecule has 0 aliphatic carbocycles. The number of phenolic OH excluding ortho intramolecular Hbond substituents is 2. The van der Waals surface area contributed by atoms with Crippen LogP contribution in [0.4, 0.5) is 0 Å². The highest BCUT2D eigenvalue weighted by atomic mass is 35.5. The van der Waals surface area contributed by atoms with Crippen LogP contribution in [-0.4, -0.2) is 25.2 Å². The van der Waals surface area contributed by atoms with Gasteiger partial charge < -0.3 is 14.6 Å². The van der Waals surface area contributed by atoms with Crippen LogP contribution in [0, 0.1) is 0 Å². The van der Waals surface area contributed by atoms with Crippen molar-refractivity contribution in [3.8, 4) is 28.4 Å². The van der Waals surface area contributed by atoms with Gasteiger partial charge in [0.1, 0.15) is 22.8 Å². The van der Waals surface area contributed by atoms with Gasteiger partial charge in [0.2, 0.25) is 0 Å². The molecule has 26 heavy (non-hydrogen) atoms. The van der Waals surface area contributed by atoms with Gasteiger partial charge in [-0.3, -0.25) is 0 Å². The molecule has 7 nitrogen and oxygen atoms in total. The zero-order valence-electron chi connectivity index (χ0n) is 12.8. The maximum Gasteiger partial charge on any atom is 0.362 e. The van der Waals surface area contributed by atoms with Gasteiger partial charge >= 0.3 is 5.63 Å². The average molecular weight is 390 g/mol. The third-order valence-corrected chi connectivity index (χ3v) is 4.37. The highest BCUT2D eigenvalue weighted by Gasteiger charge is 2.13. The monoisotopic (exact) mass is 389 g/mol. The summed E-state index contributed by atoms with van der Waals surface area (Å²) in [7, 11) is 0. The lowest BCUT2D eigenvalue weighted by molar-refractivity contribution is 0.473. The smallest absolute Gasteiger partial charge is 0.362 e. The Kier molecular flexibility index (Phi) is 3.82. The molecule has 0 aliphatic heterocycles. The summed E-state index contributed by atoms with van der Waals surface area (Å²) in [5, 5.41) is 27.9. The Bertz CT molecular complexity index is 1220. The summed E-state index contributed by atoms with van der Waals surface area (Å²) in [6.07, 6.45) is 1.53. The van der Waals surface area contributed by atoms with E-state index in [0.717, 1.165) is 0 Å². The molecular formula is C17H9Cl2N3O4. The van der Waals surface area contributed by atoms with Crippen molar-refractivity contribution in [2.24, 2.45) is 0 Å². The van der Waals surface area contributed by atoms with Gasteiger partial charge in [-0.2, -0.15) is 0 Å². The number of fused-ring (bicyclic) bond motifs is 1. The number of hydrogen-bond acceptors (Lipinski definition) is 6. The summed E-state index contributed by atoms with van der Waals surface area (Å²) in [6, 6.07) is 8.90. The fourth-order valence-electron chi connectivity index (χ4n) is 2.46. The topological polar surface area (TPSA) is 101 Å². The molecule has 4 aromatic rings. The van der Waals surface area contributed by atoms with Crippen molar-refractivity contribution < 1.29 is 14.6 Å². The molecule has 0 aliphatic rings. The summed E-state index contributed by atoms with van der Waals surface area (Å²) >= 11 is 11.8. The zero-order valence-corrected chi connectivity index (χ0v) is 14.4. The maximum atomic E-state index is 12.3. The molecule has 0 saturated carbocycles. The minimum atomic E-state index is -0.653. The Balaban J connectivity index is 1.82. The molecule has 0 saturated heterocycles. The first-order valence-corrected chi connectivity index (χ1v) is 8.06. The van der Waals surface area contributed by atoms with Gasteiger partial charge in [-0.1, -0.05) is 28.4 Å². The van der Waals surface area contributed by atoms with E-state index in [9.17, 15) is 15.0 Å². The number of halogens is 2. The highest BCUT2D eigenvalue weighted by Crippen LogP contribution is 2.30. The molecular weight excluding hydrogens is 381 g/mol. The summed E-state index contributed by atoms with van der Waals surface area (Å²) in [4.78, 5) is 12.3. The Morgan fingerprint density at radius 2 is 1.77 bits per heavy atom. The van der Waals surface area contributed by atoms with Crippen molar-refractivity contribution in [1.82, 2.24) is 15.0 Å². The van der Waals surface area contributed by atoms with Gasteiger partial charge in [-0.05, 0) is 30.3 Å². The third kappa shape index (κ3) is 2.77. The van der Waals surface area contributed by atoms with Crippen LogP contribution in [-0.2, 0) is 0 Å². The predicted molar refractivity (Wildman–Crippen MR) is 96.2 cm³/mol. The van der Waals surface area contributed by atoms with E-state index < -0.39 is 5.63 Å². The van der Waals surface area contributed by atoms with E-state index >= 15 is 0 Å². The van der Waals surface area contributed by atoms with Crippen LogP contribution >= 0.6 is 23.2 Å². The highest BCUT2D eigenvalue weighted by molar-refractivity contribution is 6.32. The largest absolute Gasteiger partial charge is 0.506 e. The number of phenols is 2. The second-order valence-corrected chi connectivity index (χ2v) is 6.29.